The minimum atomic E-state index is -4.51. The molecule has 2 N–H and O–H groups in total. The number of rotatable bonds is 13. The lowest BCUT2D eigenvalue weighted by molar-refractivity contribution is -0.142. The number of nitrogens with one attached hydrogen (secondary N) is 2. The number of terminal acetylenes is 1. The lowest BCUT2D eigenvalue weighted by Crippen LogP contribution is -2.55. The number of ether oxygens (including phenoxy) is 2. The monoisotopic (exact) mass is 698 g/mol. The SMILES string of the molecule is C#C[C@@H]1CN(C[C@@H](Oc2cc(C)c(C(=O)Nc3ccn(CC(F)(F)F)n3)cc2C(=O)NCCOC)c2ccc(C)c(F)c2)CCN1C(=O)C=C. The number of benzene rings is 2. The summed E-state index contributed by atoms with van der Waals surface area (Å²) in [6.45, 7) is 7.00. The van der Waals surface area contributed by atoms with Crippen molar-refractivity contribution in [1.29, 1.82) is 0 Å². The Morgan fingerprint density at radius 3 is 2.54 bits per heavy atom. The Balaban J connectivity index is 1.68. The van der Waals surface area contributed by atoms with Crippen molar-refractivity contribution < 1.29 is 41.4 Å². The second kappa shape index (κ2) is 16.5. The van der Waals surface area contributed by atoms with Crippen LogP contribution >= 0.6 is 0 Å². The third-order valence-electron chi connectivity index (χ3n) is 8.01. The molecule has 15 heteroatoms. The number of amides is 3. The Hall–Kier alpha value is -5.20. The molecular formula is C35H38F4N6O5. The van der Waals surface area contributed by atoms with Crippen molar-refractivity contribution in [3.8, 4) is 18.1 Å². The van der Waals surface area contributed by atoms with Gasteiger partial charge in [-0.3, -0.25) is 24.0 Å². The number of carbonyl (C=O) groups is 3. The van der Waals surface area contributed by atoms with Crippen LogP contribution in [0.4, 0.5) is 23.4 Å². The molecule has 3 amide bonds. The van der Waals surface area contributed by atoms with E-state index in [4.69, 9.17) is 15.9 Å². The fourth-order valence-corrected chi connectivity index (χ4v) is 5.38. The standard InChI is InChI=1S/C35H38F4N6O5/c1-6-25-19-43(13-14-45(25)32(46)7-2)20-30(24-9-8-22(3)28(36)17-24)50-29-16-23(4)26(18-27(29)33(47)40-11-15-49-5)34(48)41-31-10-12-44(42-31)21-35(37,38)39/h1,7-10,12,16-18,25,30H,2,11,13-15,19-21H2,3-5H3,(H,40,47)(H,41,42,48)/t25-,30-/m1/s1. The average molecular weight is 699 g/mol. The first-order valence-electron chi connectivity index (χ1n) is 15.6. The molecule has 50 heavy (non-hydrogen) atoms. The molecule has 1 aliphatic rings. The minimum absolute atomic E-state index is 0.0278. The van der Waals surface area contributed by atoms with Crippen molar-refractivity contribution in [3.63, 3.8) is 0 Å². The van der Waals surface area contributed by atoms with Gasteiger partial charge >= 0.3 is 6.18 Å². The van der Waals surface area contributed by atoms with E-state index in [1.807, 2.05) is 4.90 Å². The number of alkyl halides is 3. The lowest BCUT2D eigenvalue weighted by Gasteiger charge is -2.40. The fraction of sp³-hybridized carbons (Fsp3) is 0.371. The van der Waals surface area contributed by atoms with Crippen LogP contribution in [0, 0.1) is 32.0 Å². The van der Waals surface area contributed by atoms with E-state index < -0.39 is 42.5 Å². The van der Waals surface area contributed by atoms with Gasteiger partial charge < -0.3 is 25.0 Å². The maximum Gasteiger partial charge on any atom is 0.408 e. The van der Waals surface area contributed by atoms with Gasteiger partial charge in [0.15, 0.2) is 5.82 Å². The normalized spacial score (nSPS) is 15.6. The number of halogens is 4. The van der Waals surface area contributed by atoms with Crippen molar-refractivity contribution in [1.82, 2.24) is 24.9 Å². The summed E-state index contributed by atoms with van der Waals surface area (Å²) in [7, 11) is 1.47. The van der Waals surface area contributed by atoms with Gasteiger partial charge in [-0.05, 0) is 54.8 Å². The van der Waals surface area contributed by atoms with Crippen LogP contribution in [0.25, 0.3) is 0 Å². The molecule has 11 nitrogen and oxygen atoms in total. The van der Waals surface area contributed by atoms with Crippen molar-refractivity contribution in [2.24, 2.45) is 0 Å². The number of nitrogens with zero attached hydrogens (tertiary/aromatic N) is 4. The first kappa shape index (κ1) is 37.6. The maximum atomic E-state index is 14.9. The van der Waals surface area contributed by atoms with Gasteiger partial charge in [-0.25, -0.2) is 4.39 Å². The summed E-state index contributed by atoms with van der Waals surface area (Å²) in [5.41, 5.74) is 1.27. The number of aromatic nitrogens is 2. The summed E-state index contributed by atoms with van der Waals surface area (Å²) in [6.07, 6.45) is 2.70. The van der Waals surface area contributed by atoms with E-state index >= 15 is 0 Å². The van der Waals surface area contributed by atoms with Crippen LogP contribution in [0.2, 0.25) is 0 Å². The Morgan fingerprint density at radius 1 is 1.12 bits per heavy atom. The zero-order valence-corrected chi connectivity index (χ0v) is 27.8. The number of carbonyl (C=O) groups excluding carboxylic acids is 3. The van der Waals surface area contributed by atoms with Crippen LogP contribution in [0.3, 0.4) is 0 Å². The number of hydrogen-bond acceptors (Lipinski definition) is 7. The highest BCUT2D eigenvalue weighted by atomic mass is 19.4. The van der Waals surface area contributed by atoms with Crippen LogP contribution in [0.1, 0.15) is 43.5 Å². The number of hydrogen-bond donors (Lipinski definition) is 2. The van der Waals surface area contributed by atoms with E-state index in [0.29, 0.717) is 41.0 Å². The van der Waals surface area contributed by atoms with Gasteiger partial charge in [-0.2, -0.15) is 18.3 Å². The van der Waals surface area contributed by atoms with Crippen molar-refractivity contribution in [2.75, 3.05) is 51.8 Å². The molecule has 0 saturated carbocycles. The van der Waals surface area contributed by atoms with Crippen LogP contribution in [0.15, 0.2) is 55.3 Å². The molecule has 0 spiro atoms. The van der Waals surface area contributed by atoms with Crippen molar-refractivity contribution in [2.45, 2.75) is 38.7 Å². The predicted octanol–water partition coefficient (Wildman–Crippen LogP) is 4.28. The number of aryl methyl sites for hydroxylation is 2. The molecule has 2 heterocycles. The third kappa shape index (κ3) is 9.70. The van der Waals surface area contributed by atoms with E-state index in [1.54, 1.807) is 30.9 Å². The number of piperazine rings is 1. The molecule has 2 atom stereocenters. The van der Waals surface area contributed by atoms with E-state index in [-0.39, 0.29) is 48.3 Å². The molecular weight excluding hydrogens is 660 g/mol. The Bertz CT molecular complexity index is 1770. The number of methoxy groups -OCH3 is 1. The first-order chi connectivity index (χ1) is 23.7. The molecule has 2 aromatic carbocycles. The zero-order valence-electron chi connectivity index (χ0n) is 27.8. The summed E-state index contributed by atoms with van der Waals surface area (Å²) in [4.78, 5) is 42.7. The fourth-order valence-electron chi connectivity index (χ4n) is 5.38. The van der Waals surface area contributed by atoms with Gasteiger partial charge in [-0.15, -0.1) is 6.42 Å². The quantitative estimate of drug-likeness (QED) is 0.119. The predicted molar refractivity (Wildman–Crippen MR) is 177 cm³/mol. The van der Waals surface area contributed by atoms with Crippen LogP contribution in [-0.4, -0.2) is 96.0 Å². The van der Waals surface area contributed by atoms with Crippen LogP contribution < -0.4 is 15.4 Å². The molecule has 1 fully saturated rings. The highest BCUT2D eigenvalue weighted by molar-refractivity contribution is 6.07. The zero-order chi connectivity index (χ0) is 36.6. The van der Waals surface area contributed by atoms with E-state index in [9.17, 15) is 31.9 Å². The Morgan fingerprint density at radius 2 is 1.88 bits per heavy atom. The highest BCUT2D eigenvalue weighted by Gasteiger charge is 2.32. The van der Waals surface area contributed by atoms with Gasteiger partial charge in [0.2, 0.25) is 5.91 Å². The molecule has 4 rings (SSSR count). The Kier molecular flexibility index (Phi) is 12.4. The molecule has 266 valence electrons. The van der Waals surface area contributed by atoms with Gasteiger partial charge in [0.25, 0.3) is 11.8 Å². The van der Waals surface area contributed by atoms with E-state index in [1.165, 1.54) is 37.5 Å². The summed E-state index contributed by atoms with van der Waals surface area (Å²) in [6, 6.07) is 8.15. The molecule has 1 aromatic heterocycles. The molecule has 0 aliphatic carbocycles. The van der Waals surface area contributed by atoms with Crippen molar-refractivity contribution in [3.05, 3.63) is 88.9 Å². The second-order valence-electron chi connectivity index (χ2n) is 11.7. The van der Waals surface area contributed by atoms with Gasteiger partial charge in [-0.1, -0.05) is 24.6 Å². The second-order valence-corrected chi connectivity index (χ2v) is 11.7. The van der Waals surface area contributed by atoms with Gasteiger partial charge in [0.1, 0.15) is 30.3 Å². The molecule has 1 aliphatic heterocycles. The minimum Gasteiger partial charge on any atom is -0.484 e. The Labute approximate surface area is 287 Å². The lowest BCUT2D eigenvalue weighted by atomic mass is 10.0. The van der Waals surface area contributed by atoms with Gasteiger partial charge in [0.05, 0.1) is 12.2 Å². The molecule has 0 bridgehead atoms. The van der Waals surface area contributed by atoms with E-state index in [0.717, 1.165) is 6.20 Å². The largest absolute Gasteiger partial charge is 0.484 e. The highest BCUT2D eigenvalue weighted by Crippen LogP contribution is 2.31. The molecule has 0 radical (unpaired) electrons. The van der Waals surface area contributed by atoms with Gasteiger partial charge in [0, 0.05) is 57.7 Å². The topological polar surface area (TPSA) is 118 Å². The van der Waals surface area contributed by atoms with Crippen LogP contribution in [0.5, 0.6) is 5.75 Å². The summed E-state index contributed by atoms with van der Waals surface area (Å²) in [5, 5.41) is 8.94. The van der Waals surface area contributed by atoms with Crippen molar-refractivity contribution >= 4 is 23.5 Å². The molecule has 3 aromatic rings. The van der Waals surface area contributed by atoms with E-state index in [2.05, 4.69) is 28.2 Å². The summed E-state index contributed by atoms with van der Waals surface area (Å²) < 4.78 is 65.5. The molecule has 0 unspecified atom stereocenters. The maximum absolute atomic E-state index is 14.9. The first-order valence-corrected chi connectivity index (χ1v) is 15.6. The average Bonchev–Trinajstić information content (AvgIpc) is 3.49. The third-order valence-corrected chi connectivity index (χ3v) is 8.01. The summed E-state index contributed by atoms with van der Waals surface area (Å²) in [5.74, 6) is 0.533. The van der Waals surface area contributed by atoms with Crippen LogP contribution in [-0.2, 0) is 16.1 Å². The number of anilines is 1. The smallest absolute Gasteiger partial charge is 0.408 e. The molecule has 1 saturated heterocycles. The summed E-state index contributed by atoms with van der Waals surface area (Å²) >= 11 is 0.